The van der Waals surface area contributed by atoms with Crippen LogP contribution in [0, 0.1) is 5.92 Å². The first-order valence-electron chi connectivity index (χ1n) is 6.20. The molecule has 0 aromatic heterocycles. The zero-order chi connectivity index (χ0) is 11.3. The summed E-state index contributed by atoms with van der Waals surface area (Å²) in [7, 11) is 0. The molecule has 2 nitrogen and oxygen atoms in total. The Balaban J connectivity index is 2.22. The zero-order valence-corrected chi connectivity index (χ0v) is 11.0. The lowest BCUT2D eigenvalue weighted by atomic mass is 10.0. The van der Waals surface area contributed by atoms with E-state index in [2.05, 4.69) is 31.4 Å². The van der Waals surface area contributed by atoms with Crippen LogP contribution < -0.4 is 10.6 Å². The van der Waals surface area contributed by atoms with Crippen LogP contribution in [0.25, 0.3) is 0 Å². The number of hydrogen-bond donors (Lipinski definition) is 2. The molecular formula is C12H24N2S. The molecule has 2 N–H and O–H groups in total. The molecule has 0 aromatic carbocycles. The second-order valence-corrected chi connectivity index (χ2v) is 5.18. The Labute approximate surface area is 99.2 Å². The Morgan fingerprint density at radius 2 is 1.93 bits per heavy atom. The minimum absolute atomic E-state index is 0.469. The summed E-state index contributed by atoms with van der Waals surface area (Å²) in [5.41, 5.74) is 0. The quantitative estimate of drug-likeness (QED) is 0.724. The lowest BCUT2D eigenvalue weighted by molar-refractivity contribution is 0.433. The molecule has 15 heavy (non-hydrogen) atoms. The third kappa shape index (κ3) is 4.37. The van der Waals surface area contributed by atoms with Crippen LogP contribution in [0.2, 0.25) is 0 Å². The minimum atomic E-state index is 0.469. The van der Waals surface area contributed by atoms with Gasteiger partial charge in [0.15, 0.2) is 5.11 Å². The summed E-state index contributed by atoms with van der Waals surface area (Å²) in [5.74, 6) is 0.674. The van der Waals surface area contributed by atoms with Gasteiger partial charge in [-0.2, -0.15) is 0 Å². The molecular weight excluding hydrogens is 204 g/mol. The van der Waals surface area contributed by atoms with Crippen LogP contribution in [-0.2, 0) is 0 Å². The van der Waals surface area contributed by atoms with Crippen molar-refractivity contribution in [1.82, 2.24) is 10.6 Å². The van der Waals surface area contributed by atoms with Gasteiger partial charge in [0.25, 0.3) is 0 Å². The highest BCUT2D eigenvalue weighted by atomic mass is 32.1. The first-order chi connectivity index (χ1) is 7.13. The number of thiocarbonyl (C=S) groups is 1. The van der Waals surface area contributed by atoms with Crippen LogP contribution in [0.1, 0.15) is 52.9 Å². The SMILES string of the molecule is CCC(C)C(C)NC(=S)NC1CCCC1. The van der Waals surface area contributed by atoms with Gasteiger partial charge in [0.2, 0.25) is 0 Å². The van der Waals surface area contributed by atoms with E-state index in [1.54, 1.807) is 0 Å². The first-order valence-corrected chi connectivity index (χ1v) is 6.61. The van der Waals surface area contributed by atoms with Gasteiger partial charge in [-0.05, 0) is 37.9 Å². The summed E-state index contributed by atoms with van der Waals surface area (Å²) >= 11 is 5.31. The maximum absolute atomic E-state index is 5.31. The van der Waals surface area contributed by atoms with Crippen LogP contribution in [0.3, 0.4) is 0 Å². The highest BCUT2D eigenvalue weighted by Crippen LogP contribution is 2.17. The summed E-state index contributed by atoms with van der Waals surface area (Å²) in [6, 6.07) is 1.09. The lowest BCUT2D eigenvalue weighted by Gasteiger charge is -2.23. The van der Waals surface area contributed by atoms with Crippen LogP contribution in [0.15, 0.2) is 0 Å². The van der Waals surface area contributed by atoms with E-state index in [-0.39, 0.29) is 0 Å². The van der Waals surface area contributed by atoms with Gasteiger partial charge in [-0.25, -0.2) is 0 Å². The molecule has 1 aliphatic carbocycles. The molecule has 1 fully saturated rings. The number of rotatable bonds is 4. The van der Waals surface area contributed by atoms with Gasteiger partial charge in [-0.1, -0.05) is 33.1 Å². The van der Waals surface area contributed by atoms with Crippen LogP contribution in [0.5, 0.6) is 0 Å². The number of nitrogens with one attached hydrogen (secondary N) is 2. The Morgan fingerprint density at radius 3 is 2.47 bits per heavy atom. The van der Waals surface area contributed by atoms with Crippen molar-refractivity contribution in [3.05, 3.63) is 0 Å². The smallest absolute Gasteiger partial charge is 0.166 e. The Morgan fingerprint density at radius 1 is 1.33 bits per heavy atom. The van der Waals surface area contributed by atoms with E-state index in [4.69, 9.17) is 12.2 Å². The topological polar surface area (TPSA) is 24.1 Å². The molecule has 0 radical (unpaired) electrons. The van der Waals surface area contributed by atoms with Gasteiger partial charge in [-0.3, -0.25) is 0 Å². The third-order valence-electron chi connectivity index (χ3n) is 3.55. The molecule has 88 valence electrons. The molecule has 1 aliphatic rings. The van der Waals surface area contributed by atoms with Crippen LogP contribution in [-0.4, -0.2) is 17.2 Å². The Kier molecular flexibility index (Phi) is 5.37. The van der Waals surface area contributed by atoms with E-state index in [1.165, 1.54) is 32.1 Å². The first kappa shape index (κ1) is 12.8. The van der Waals surface area contributed by atoms with Gasteiger partial charge < -0.3 is 10.6 Å². The molecule has 3 heteroatoms. The molecule has 0 heterocycles. The molecule has 0 aromatic rings. The summed E-state index contributed by atoms with van der Waals surface area (Å²) in [5, 5.41) is 7.63. The van der Waals surface area contributed by atoms with Crippen molar-refractivity contribution in [2.24, 2.45) is 5.92 Å². The summed E-state index contributed by atoms with van der Waals surface area (Å²) in [6.45, 7) is 6.68. The standard InChI is InChI=1S/C12H24N2S/c1-4-9(2)10(3)13-12(15)14-11-7-5-6-8-11/h9-11H,4-8H2,1-3H3,(H2,13,14,15). The normalized spacial score (nSPS) is 21.0. The molecule has 0 saturated heterocycles. The predicted octanol–water partition coefficient (Wildman–Crippen LogP) is 2.83. The monoisotopic (exact) mass is 228 g/mol. The Hall–Kier alpha value is -0.310. The van der Waals surface area contributed by atoms with Gasteiger partial charge in [0.1, 0.15) is 0 Å². The maximum atomic E-state index is 5.31. The van der Waals surface area contributed by atoms with Crippen molar-refractivity contribution in [2.45, 2.75) is 65.0 Å². The second-order valence-electron chi connectivity index (χ2n) is 4.77. The molecule has 1 rings (SSSR count). The van der Waals surface area contributed by atoms with Crippen molar-refractivity contribution in [3.63, 3.8) is 0 Å². The van der Waals surface area contributed by atoms with Gasteiger partial charge in [0, 0.05) is 12.1 Å². The fourth-order valence-electron chi connectivity index (χ4n) is 2.00. The summed E-state index contributed by atoms with van der Waals surface area (Å²) in [6.07, 6.45) is 6.45. The molecule has 0 spiro atoms. The average Bonchev–Trinajstić information content (AvgIpc) is 2.68. The van der Waals surface area contributed by atoms with E-state index in [0.717, 1.165) is 5.11 Å². The minimum Gasteiger partial charge on any atom is -0.360 e. The molecule has 0 aliphatic heterocycles. The molecule has 0 bridgehead atoms. The third-order valence-corrected chi connectivity index (χ3v) is 3.78. The van der Waals surface area contributed by atoms with E-state index >= 15 is 0 Å². The fourth-order valence-corrected chi connectivity index (χ4v) is 2.35. The molecule has 1 saturated carbocycles. The molecule has 0 amide bonds. The zero-order valence-electron chi connectivity index (χ0n) is 10.2. The Bertz CT molecular complexity index is 200. The molecule has 2 unspecified atom stereocenters. The lowest BCUT2D eigenvalue weighted by Crippen LogP contribution is -2.46. The highest BCUT2D eigenvalue weighted by molar-refractivity contribution is 7.80. The maximum Gasteiger partial charge on any atom is 0.166 e. The summed E-state index contributed by atoms with van der Waals surface area (Å²) < 4.78 is 0. The largest absolute Gasteiger partial charge is 0.360 e. The van der Waals surface area contributed by atoms with Crippen LogP contribution in [0.4, 0.5) is 0 Å². The fraction of sp³-hybridized carbons (Fsp3) is 0.917. The van der Waals surface area contributed by atoms with Crippen molar-refractivity contribution in [2.75, 3.05) is 0 Å². The van der Waals surface area contributed by atoms with Gasteiger partial charge in [-0.15, -0.1) is 0 Å². The van der Waals surface area contributed by atoms with E-state index in [0.29, 0.717) is 18.0 Å². The van der Waals surface area contributed by atoms with Crippen molar-refractivity contribution in [3.8, 4) is 0 Å². The van der Waals surface area contributed by atoms with Crippen molar-refractivity contribution < 1.29 is 0 Å². The van der Waals surface area contributed by atoms with Crippen molar-refractivity contribution >= 4 is 17.3 Å². The van der Waals surface area contributed by atoms with Gasteiger partial charge >= 0.3 is 0 Å². The van der Waals surface area contributed by atoms with E-state index in [1.807, 2.05) is 0 Å². The van der Waals surface area contributed by atoms with Crippen LogP contribution >= 0.6 is 12.2 Å². The molecule has 2 atom stereocenters. The van der Waals surface area contributed by atoms with Gasteiger partial charge in [0.05, 0.1) is 0 Å². The average molecular weight is 228 g/mol. The summed E-state index contributed by atoms with van der Waals surface area (Å²) in [4.78, 5) is 0. The van der Waals surface area contributed by atoms with E-state index < -0.39 is 0 Å². The second kappa shape index (κ2) is 6.31. The predicted molar refractivity (Wildman–Crippen MR) is 70.0 cm³/mol. The highest BCUT2D eigenvalue weighted by Gasteiger charge is 2.17. The number of hydrogen-bond acceptors (Lipinski definition) is 1. The van der Waals surface area contributed by atoms with Crippen molar-refractivity contribution in [1.29, 1.82) is 0 Å². The van der Waals surface area contributed by atoms with E-state index in [9.17, 15) is 0 Å².